The van der Waals surface area contributed by atoms with Crippen molar-refractivity contribution >= 4 is 15.8 Å². The molecule has 0 aliphatic carbocycles. The SMILES string of the molecule is CCNC(=NCc1ccc(CN2CCCCCC2)cc1)N1CCS(=O)(=O)C(C)(C)C1. The Morgan fingerprint density at radius 1 is 1.03 bits per heavy atom. The van der Waals surface area contributed by atoms with Crippen molar-refractivity contribution in [1.82, 2.24) is 15.1 Å². The van der Waals surface area contributed by atoms with Gasteiger partial charge >= 0.3 is 0 Å². The molecule has 168 valence electrons. The highest BCUT2D eigenvalue weighted by molar-refractivity contribution is 7.92. The first-order chi connectivity index (χ1) is 14.3. The van der Waals surface area contributed by atoms with Crippen LogP contribution in [-0.4, -0.2) is 67.4 Å². The molecule has 0 amide bonds. The molecule has 0 bridgehead atoms. The Kier molecular flexibility index (Phi) is 7.80. The molecule has 0 spiro atoms. The minimum atomic E-state index is -3.06. The van der Waals surface area contributed by atoms with E-state index in [9.17, 15) is 8.42 Å². The molecule has 0 radical (unpaired) electrons. The lowest BCUT2D eigenvalue weighted by Gasteiger charge is -2.39. The number of sulfone groups is 1. The van der Waals surface area contributed by atoms with Crippen molar-refractivity contribution in [1.29, 1.82) is 0 Å². The fraction of sp³-hybridized carbons (Fsp3) is 0.696. The molecule has 1 N–H and O–H groups in total. The number of aliphatic imine (C=N–C) groups is 1. The van der Waals surface area contributed by atoms with Crippen molar-refractivity contribution in [3.63, 3.8) is 0 Å². The van der Waals surface area contributed by atoms with Gasteiger partial charge in [-0.05, 0) is 57.8 Å². The maximum atomic E-state index is 12.3. The molecule has 6 nitrogen and oxygen atoms in total. The second-order valence-corrected chi connectivity index (χ2v) is 11.9. The van der Waals surface area contributed by atoms with Crippen LogP contribution >= 0.6 is 0 Å². The fourth-order valence-corrected chi connectivity index (χ4v) is 5.58. The molecule has 0 unspecified atom stereocenters. The molecule has 0 saturated carbocycles. The Bertz CT molecular complexity index is 810. The van der Waals surface area contributed by atoms with Crippen LogP contribution in [0.5, 0.6) is 0 Å². The van der Waals surface area contributed by atoms with Crippen LogP contribution < -0.4 is 5.32 Å². The zero-order valence-corrected chi connectivity index (χ0v) is 19.7. The lowest BCUT2D eigenvalue weighted by Crippen LogP contribution is -2.57. The van der Waals surface area contributed by atoms with E-state index in [1.165, 1.54) is 49.9 Å². The minimum absolute atomic E-state index is 0.176. The predicted molar refractivity (Wildman–Crippen MR) is 124 cm³/mol. The van der Waals surface area contributed by atoms with Crippen LogP contribution in [0, 0.1) is 0 Å². The van der Waals surface area contributed by atoms with Gasteiger partial charge in [-0.15, -0.1) is 0 Å². The third kappa shape index (κ3) is 5.97. The standard InChI is InChI=1S/C23H38N4O2S/c1-4-24-22(27-15-16-30(28,29)23(2,3)19-27)25-17-20-9-11-21(12-10-20)18-26-13-7-5-6-8-14-26/h9-12H,4-8,13-19H2,1-3H3,(H,24,25). The summed E-state index contributed by atoms with van der Waals surface area (Å²) in [6, 6.07) is 8.79. The second kappa shape index (κ2) is 10.1. The summed E-state index contributed by atoms with van der Waals surface area (Å²) >= 11 is 0. The van der Waals surface area contributed by atoms with Gasteiger partial charge in [0.1, 0.15) is 0 Å². The Morgan fingerprint density at radius 2 is 1.67 bits per heavy atom. The van der Waals surface area contributed by atoms with Gasteiger partial charge in [-0.25, -0.2) is 13.4 Å². The number of hydrogen-bond acceptors (Lipinski definition) is 4. The monoisotopic (exact) mass is 434 g/mol. The van der Waals surface area contributed by atoms with Crippen molar-refractivity contribution in [2.75, 3.05) is 38.5 Å². The van der Waals surface area contributed by atoms with E-state index in [4.69, 9.17) is 4.99 Å². The summed E-state index contributed by atoms with van der Waals surface area (Å²) in [5, 5.41) is 3.33. The third-order valence-electron chi connectivity index (χ3n) is 6.22. The lowest BCUT2D eigenvalue weighted by atomic mass is 10.1. The average Bonchev–Trinajstić information content (AvgIpc) is 2.97. The van der Waals surface area contributed by atoms with E-state index in [0.717, 1.165) is 19.0 Å². The van der Waals surface area contributed by atoms with Gasteiger partial charge < -0.3 is 10.2 Å². The van der Waals surface area contributed by atoms with Crippen molar-refractivity contribution < 1.29 is 8.42 Å². The number of nitrogens with zero attached hydrogens (tertiary/aromatic N) is 3. The summed E-state index contributed by atoms with van der Waals surface area (Å²) in [6.45, 7) is 11.4. The van der Waals surface area contributed by atoms with Gasteiger partial charge in [0.05, 0.1) is 17.0 Å². The van der Waals surface area contributed by atoms with Gasteiger partial charge in [-0.1, -0.05) is 37.1 Å². The smallest absolute Gasteiger partial charge is 0.194 e. The fourth-order valence-electron chi connectivity index (χ4n) is 4.22. The van der Waals surface area contributed by atoms with E-state index in [0.29, 0.717) is 19.6 Å². The predicted octanol–water partition coefficient (Wildman–Crippen LogP) is 3.04. The molecule has 0 aromatic heterocycles. The van der Waals surface area contributed by atoms with Crippen LogP contribution in [0.1, 0.15) is 57.6 Å². The van der Waals surface area contributed by atoms with E-state index >= 15 is 0 Å². The lowest BCUT2D eigenvalue weighted by molar-refractivity contribution is 0.277. The van der Waals surface area contributed by atoms with Crippen LogP contribution in [0.15, 0.2) is 29.3 Å². The average molecular weight is 435 g/mol. The van der Waals surface area contributed by atoms with E-state index < -0.39 is 14.6 Å². The van der Waals surface area contributed by atoms with E-state index in [1.54, 1.807) is 13.8 Å². The van der Waals surface area contributed by atoms with E-state index in [-0.39, 0.29) is 5.75 Å². The molecule has 30 heavy (non-hydrogen) atoms. The van der Waals surface area contributed by atoms with E-state index in [2.05, 4.69) is 39.4 Å². The molecule has 2 fully saturated rings. The number of guanidine groups is 1. The second-order valence-electron chi connectivity index (χ2n) is 9.18. The summed E-state index contributed by atoms with van der Waals surface area (Å²) in [5.74, 6) is 0.976. The molecular weight excluding hydrogens is 396 g/mol. The zero-order chi connectivity index (χ0) is 21.6. The van der Waals surface area contributed by atoms with Crippen LogP contribution in [0.3, 0.4) is 0 Å². The molecule has 3 rings (SSSR count). The summed E-state index contributed by atoms with van der Waals surface area (Å²) in [5.41, 5.74) is 2.54. The van der Waals surface area contributed by atoms with Crippen LogP contribution in [0.4, 0.5) is 0 Å². The highest BCUT2D eigenvalue weighted by atomic mass is 32.2. The third-order valence-corrected chi connectivity index (χ3v) is 8.75. The molecule has 7 heteroatoms. The first-order valence-electron chi connectivity index (χ1n) is 11.4. The molecule has 2 aliphatic rings. The number of hydrogen-bond donors (Lipinski definition) is 1. The van der Waals surface area contributed by atoms with Gasteiger partial charge in [0.15, 0.2) is 15.8 Å². The Hall–Kier alpha value is -1.60. The topological polar surface area (TPSA) is 65.0 Å². The van der Waals surface area contributed by atoms with Crippen LogP contribution in [0.2, 0.25) is 0 Å². The van der Waals surface area contributed by atoms with Crippen molar-refractivity contribution in [2.24, 2.45) is 4.99 Å². The zero-order valence-electron chi connectivity index (χ0n) is 18.9. The van der Waals surface area contributed by atoms with Crippen molar-refractivity contribution in [3.05, 3.63) is 35.4 Å². The van der Waals surface area contributed by atoms with Crippen molar-refractivity contribution in [2.45, 2.75) is 64.3 Å². The normalized spacial score (nSPS) is 22.5. The number of benzene rings is 1. The van der Waals surface area contributed by atoms with Crippen molar-refractivity contribution in [3.8, 4) is 0 Å². The largest absolute Gasteiger partial charge is 0.357 e. The highest BCUT2D eigenvalue weighted by Gasteiger charge is 2.40. The molecule has 1 aromatic carbocycles. The first-order valence-corrected chi connectivity index (χ1v) is 13.0. The van der Waals surface area contributed by atoms with Gasteiger partial charge in [0.25, 0.3) is 0 Å². The Balaban J connectivity index is 1.62. The van der Waals surface area contributed by atoms with E-state index in [1.807, 2.05) is 6.92 Å². The maximum Gasteiger partial charge on any atom is 0.194 e. The number of likely N-dealkylation sites (tertiary alicyclic amines) is 1. The Morgan fingerprint density at radius 3 is 2.27 bits per heavy atom. The maximum absolute atomic E-state index is 12.3. The first kappa shape index (κ1) is 23.1. The van der Waals surface area contributed by atoms with Crippen LogP contribution in [-0.2, 0) is 22.9 Å². The van der Waals surface area contributed by atoms with Gasteiger partial charge in [-0.2, -0.15) is 0 Å². The summed E-state index contributed by atoms with van der Waals surface area (Å²) in [4.78, 5) is 9.45. The molecular formula is C23H38N4O2S. The summed E-state index contributed by atoms with van der Waals surface area (Å²) in [6.07, 6.45) is 5.35. The quantitative estimate of drug-likeness (QED) is 0.570. The summed E-state index contributed by atoms with van der Waals surface area (Å²) in [7, 11) is -3.06. The molecule has 2 saturated heterocycles. The Labute approximate surface area is 182 Å². The number of rotatable bonds is 5. The van der Waals surface area contributed by atoms with Crippen LogP contribution in [0.25, 0.3) is 0 Å². The molecule has 0 atom stereocenters. The van der Waals surface area contributed by atoms with Gasteiger partial charge in [0, 0.05) is 26.2 Å². The highest BCUT2D eigenvalue weighted by Crippen LogP contribution is 2.24. The summed E-state index contributed by atoms with van der Waals surface area (Å²) < 4.78 is 23.9. The number of nitrogens with one attached hydrogen (secondary N) is 1. The molecule has 1 aromatic rings. The van der Waals surface area contributed by atoms with Gasteiger partial charge in [0.2, 0.25) is 0 Å². The minimum Gasteiger partial charge on any atom is -0.357 e. The van der Waals surface area contributed by atoms with Gasteiger partial charge in [-0.3, -0.25) is 4.90 Å². The molecule has 2 heterocycles. The molecule has 2 aliphatic heterocycles.